The normalized spacial score (nSPS) is 10.7. The molecule has 0 unspecified atom stereocenters. The van der Waals surface area contributed by atoms with Gasteiger partial charge in [-0.25, -0.2) is 0 Å². The quantitative estimate of drug-likeness (QED) is 0.899. The fraction of sp³-hybridized carbons (Fsp3) is 0.333. The fourth-order valence-electron chi connectivity index (χ4n) is 1.87. The minimum atomic E-state index is 0.436. The van der Waals surface area contributed by atoms with Crippen molar-refractivity contribution in [1.29, 1.82) is 0 Å². The average molecular weight is 245 g/mol. The van der Waals surface area contributed by atoms with Crippen LogP contribution in [0.1, 0.15) is 28.2 Å². The van der Waals surface area contributed by atoms with E-state index in [0.29, 0.717) is 13.2 Å². The van der Waals surface area contributed by atoms with Gasteiger partial charge in [0.1, 0.15) is 23.9 Å². The third kappa shape index (κ3) is 2.74. The summed E-state index contributed by atoms with van der Waals surface area (Å²) >= 11 is 0. The summed E-state index contributed by atoms with van der Waals surface area (Å²) in [5, 5.41) is 0. The first-order valence-corrected chi connectivity index (χ1v) is 6.08. The Hall–Kier alpha value is -1.74. The van der Waals surface area contributed by atoms with Crippen LogP contribution >= 0.6 is 0 Å². The molecule has 96 valence electrons. The molecule has 1 aromatic carbocycles. The summed E-state index contributed by atoms with van der Waals surface area (Å²) in [6, 6.07) is 8.13. The first kappa shape index (κ1) is 12.7. The van der Waals surface area contributed by atoms with Crippen LogP contribution in [0.5, 0.6) is 5.75 Å². The third-order valence-electron chi connectivity index (χ3n) is 3.01. The van der Waals surface area contributed by atoms with E-state index >= 15 is 0 Å². The Morgan fingerprint density at radius 3 is 2.61 bits per heavy atom. The van der Waals surface area contributed by atoms with Crippen molar-refractivity contribution in [2.75, 3.05) is 0 Å². The number of furan rings is 1. The van der Waals surface area contributed by atoms with Gasteiger partial charge in [0, 0.05) is 12.1 Å². The van der Waals surface area contributed by atoms with Gasteiger partial charge in [-0.1, -0.05) is 12.1 Å². The predicted molar refractivity (Wildman–Crippen MR) is 71.6 cm³/mol. The van der Waals surface area contributed by atoms with Crippen molar-refractivity contribution in [3.05, 3.63) is 52.5 Å². The van der Waals surface area contributed by atoms with Crippen LogP contribution in [0, 0.1) is 20.8 Å². The molecule has 0 fully saturated rings. The Morgan fingerprint density at radius 1 is 1.17 bits per heavy atom. The maximum absolute atomic E-state index is 5.78. The van der Waals surface area contributed by atoms with Crippen LogP contribution in [-0.2, 0) is 13.2 Å². The van der Waals surface area contributed by atoms with Gasteiger partial charge in [0.15, 0.2) is 0 Å². The molecule has 0 saturated carbocycles. The summed E-state index contributed by atoms with van der Waals surface area (Å²) in [7, 11) is 0. The van der Waals surface area contributed by atoms with Gasteiger partial charge >= 0.3 is 0 Å². The Bertz CT molecular complexity index is 543. The molecule has 0 aliphatic rings. The van der Waals surface area contributed by atoms with Crippen molar-refractivity contribution in [2.45, 2.75) is 33.9 Å². The molecule has 0 bridgehead atoms. The zero-order valence-electron chi connectivity index (χ0n) is 11.1. The minimum absolute atomic E-state index is 0.436. The molecule has 0 radical (unpaired) electrons. The van der Waals surface area contributed by atoms with E-state index in [9.17, 15) is 0 Å². The van der Waals surface area contributed by atoms with Gasteiger partial charge in [0.05, 0.1) is 0 Å². The van der Waals surface area contributed by atoms with Crippen LogP contribution in [0.15, 0.2) is 28.7 Å². The summed E-state index contributed by atoms with van der Waals surface area (Å²) in [5.74, 6) is 2.59. The van der Waals surface area contributed by atoms with Gasteiger partial charge in [-0.3, -0.25) is 0 Å². The Labute approximate surface area is 108 Å². The molecule has 0 aliphatic carbocycles. The molecule has 0 saturated heterocycles. The van der Waals surface area contributed by atoms with Crippen molar-refractivity contribution < 1.29 is 9.15 Å². The van der Waals surface area contributed by atoms with E-state index in [2.05, 4.69) is 19.1 Å². The second-order valence-corrected chi connectivity index (χ2v) is 4.56. The largest absolute Gasteiger partial charge is 0.485 e. The van der Waals surface area contributed by atoms with Gasteiger partial charge in [0.2, 0.25) is 0 Å². The number of aryl methyl sites for hydroxylation is 3. The lowest BCUT2D eigenvalue weighted by molar-refractivity contribution is 0.266. The van der Waals surface area contributed by atoms with Crippen molar-refractivity contribution in [2.24, 2.45) is 5.73 Å². The SMILES string of the molecule is Cc1ccc(C)c(OCc2cc(CN)c(C)o2)c1. The van der Waals surface area contributed by atoms with Gasteiger partial charge < -0.3 is 14.9 Å². The topological polar surface area (TPSA) is 48.4 Å². The van der Waals surface area contributed by atoms with Crippen LogP contribution < -0.4 is 10.5 Å². The van der Waals surface area contributed by atoms with E-state index in [1.807, 2.05) is 26.0 Å². The lowest BCUT2D eigenvalue weighted by Crippen LogP contribution is -1.97. The number of hydrogen-bond acceptors (Lipinski definition) is 3. The van der Waals surface area contributed by atoms with E-state index < -0.39 is 0 Å². The monoisotopic (exact) mass is 245 g/mol. The van der Waals surface area contributed by atoms with Gasteiger partial charge in [-0.2, -0.15) is 0 Å². The molecular weight excluding hydrogens is 226 g/mol. The number of rotatable bonds is 4. The highest BCUT2D eigenvalue weighted by Crippen LogP contribution is 2.21. The number of nitrogens with two attached hydrogens (primary N) is 1. The van der Waals surface area contributed by atoms with Crippen molar-refractivity contribution in [3.63, 3.8) is 0 Å². The maximum atomic E-state index is 5.78. The van der Waals surface area contributed by atoms with Crippen molar-refractivity contribution in [1.82, 2.24) is 0 Å². The molecule has 0 aliphatic heterocycles. The summed E-state index contributed by atoms with van der Waals surface area (Å²) in [4.78, 5) is 0. The lowest BCUT2D eigenvalue weighted by atomic mass is 10.1. The molecule has 1 aromatic heterocycles. The number of hydrogen-bond donors (Lipinski definition) is 1. The van der Waals surface area contributed by atoms with Crippen LogP contribution in [0.2, 0.25) is 0 Å². The molecule has 2 aromatic rings. The molecule has 2 rings (SSSR count). The summed E-state index contributed by atoms with van der Waals surface area (Å²) in [6.45, 7) is 6.94. The Morgan fingerprint density at radius 2 is 1.94 bits per heavy atom. The lowest BCUT2D eigenvalue weighted by Gasteiger charge is -2.08. The molecule has 0 spiro atoms. The van der Waals surface area contributed by atoms with Crippen molar-refractivity contribution >= 4 is 0 Å². The average Bonchev–Trinajstić information content (AvgIpc) is 2.71. The summed E-state index contributed by atoms with van der Waals surface area (Å²) in [6.07, 6.45) is 0. The smallest absolute Gasteiger partial charge is 0.146 e. The highest BCUT2D eigenvalue weighted by atomic mass is 16.5. The van der Waals surface area contributed by atoms with E-state index in [4.69, 9.17) is 14.9 Å². The van der Waals surface area contributed by atoms with E-state index in [1.165, 1.54) is 5.56 Å². The molecule has 0 atom stereocenters. The fourth-order valence-corrected chi connectivity index (χ4v) is 1.87. The molecular formula is C15H19NO2. The number of benzene rings is 1. The van der Waals surface area contributed by atoms with Gasteiger partial charge in [-0.15, -0.1) is 0 Å². The predicted octanol–water partition coefficient (Wildman–Crippen LogP) is 3.24. The first-order chi connectivity index (χ1) is 8.60. The minimum Gasteiger partial charge on any atom is -0.485 e. The first-order valence-electron chi connectivity index (χ1n) is 6.08. The molecule has 3 nitrogen and oxygen atoms in total. The molecule has 18 heavy (non-hydrogen) atoms. The van der Waals surface area contributed by atoms with Crippen molar-refractivity contribution in [3.8, 4) is 5.75 Å². The van der Waals surface area contributed by atoms with E-state index in [0.717, 1.165) is 28.4 Å². The van der Waals surface area contributed by atoms with E-state index in [1.54, 1.807) is 0 Å². The highest BCUT2D eigenvalue weighted by molar-refractivity contribution is 5.36. The molecule has 1 heterocycles. The zero-order valence-corrected chi connectivity index (χ0v) is 11.1. The van der Waals surface area contributed by atoms with Gasteiger partial charge in [-0.05, 0) is 44.0 Å². The third-order valence-corrected chi connectivity index (χ3v) is 3.01. The summed E-state index contributed by atoms with van der Waals surface area (Å²) < 4.78 is 11.4. The second kappa shape index (κ2) is 5.27. The van der Waals surface area contributed by atoms with Crippen LogP contribution in [0.25, 0.3) is 0 Å². The molecule has 3 heteroatoms. The highest BCUT2D eigenvalue weighted by Gasteiger charge is 2.07. The standard InChI is InChI=1S/C15H19NO2/c1-10-4-5-11(2)15(6-10)17-9-14-7-13(8-16)12(3)18-14/h4-7H,8-9,16H2,1-3H3. The second-order valence-electron chi connectivity index (χ2n) is 4.56. The Kier molecular flexibility index (Phi) is 3.72. The molecule has 0 amide bonds. The Balaban J connectivity index is 2.08. The van der Waals surface area contributed by atoms with Crippen LogP contribution in [-0.4, -0.2) is 0 Å². The summed E-state index contributed by atoms with van der Waals surface area (Å²) in [5.41, 5.74) is 8.97. The maximum Gasteiger partial charge on any atom is 0.146 e. The van der Waals surface area contributed by atoms with E-state index in [-0.39, 0.29) is 0 Å². The number of ether oxygens (including phenoxy) is 1. The zero-order chi connectivity index (χ0) is 13.1. The molecule has 2 N–H and O–H groups in total. The van der Waals surface area contributed by atoms with Crippen LogP contribution in [0.4, 0.5) is 0 Å². The van der Waals surface area contributed by atoms with Crippen LogP contribution in [0.3, 0.4) is 0 Å². The van der Waals surface area contributed by atoms with Gasteiger partial charge in [0.25, 0.3) is 0 Å².